The number of pyridine rings is 1. The van der Waals surface area contributed by atoms with Gasteiger partial charge in [0.25, 0.3) is 5.56 Å². The first kappa shape index (κ1) is 16.0. The van der Waals surface area contributed by atoms with Crippen LogP contribution in [0.2, 0.25) is 0 Å². The van der Waals surface area contributed by atoms with Crippen LogP contribution in [0.4, 0.5) is 5.69 Å². The maximum atomic E-state index is 11.7. The number of nitrogen functional groups attached to an aromatic ring is 1. The molecule has 1 saturated heterocycles. The van der Waals surface area contributed by atoms with Gasteiger partial charge in [-0.15, -0.1) is 0 Å². The Morgan fingerprint density at radius 2 is 1.76 bits per heavy atom. The summed E-state index contributed by atoms with van der Waals surface area (Å²) in [5.74, 6) is 0.743. The Morgan fingerprint density at radius 1 is 1.10 bits per heavy atom. The monoisotopic (exact) mass is 292 g/mol. The van der Waals surface area contributed by atoms with Crippen molar-refractivity contribution in [3.8, 4) is 0 Å². The van der Waals surface area contributed by atoms with E-state index in [1.54, 1.807) is 22.9 Å². The number of piperazine rings is 1. The molecule has 0 saturated carbocycles. The highest BCUT2D eigenvalue weighted by atomic mass is 16.1. The van der Waals surface area contributed by atoms with Crippen molar-refractivity contribution < 1.29 is 0 Å². The largest absolute Gasteiger partial charge is 0.398 e. The quantitative estimate of drug-likeness (QED) is 0.853. The van der Waals surface area contributed by atoms with Crippen molar-refractivity contribution in [2.24, 2.45) is 5.92 Å². The van der Waals surface area contributed by atoms with E-state index in [1.807, 2.05) is 0 Å². The minimum absolute atomic E-state index is 0.0333. The van der Waals surface area contributed by atoms with Crippen molar-refractivity contribution in [3.05, 3.63) is 28.7 Å². The van der Waals surface area contributed by atoms with E-state index < -0.39 is 0 Å². The molecule has 0 atom stereocenters. The fourth-order valence-corrected chi connectivity index (χ4v) is 2.90. The van der Waals surface area contributed by atoms with Gasteiger partial charge < -0.3 is 20.1 Å². The number of nitrogens with zero attached hydrogens (tertiary/aromatic N) is 3. The first-order chi connectivity index (χ1) is 10.0. The van der Waals surface area contributed by atoms with E-state index in [1.165, 1.54) is 6.54 Å². The van der Waals surface area contributed by atoms with Crippen molar-refractivity contribution in [2.45, 2.75) is 26.8 Å². The molecule has 2 heterocycles. The molecular formula is C16H28N4O. The van der Waals surface area contributed by atoms with Crippen molar-refractivity contribution in [2.75, 3.05) is 45.0 Å². The minimum Gasteiger partial charge on any atom is -0.398 e. The smallest absolute Gasteiger partial charge is 0.250 e. The zero-order valence-electron chi connectivity index (χ0n) is 13.3. The lowest BCUT2D eigenvalue weighted by Gasteiger charge is -2.35. The molecule has 0 radical (unpaired) electrons. The molecule has 1 aliphatic rings. The molecule has 0 unspecified atom stereocenters. The lowest BCUT2D eigenvalue weighted by atomic mass is 10.2. The van der Waals surface area contributed by atoms with Gasteiger partial charge in [0.05, 0.1) is 0 Å². The van der Waals surface area contributed by atoms with E-state index in [0.29, 0.717) is 5.69 Å². The Bertz CT molecular complexity index is 489. The van der Waals surface area contributed by atoms with Gasteiger partial charge in [-0.3, -0.25) is 4.79 Å². The summed E-state index contributed by atoms with van der Waals surface area (Å²) in [7, 11) is 0. The van der Waals surface area contributed by atoms with Crippen LogP contribution in [-0.4, -0.2) is 53.6 Å². The lowest BCUT2D eigenvalue weighted by molar-refractivity contribution is 0.120. The minimum atomic E-state index is 0.0333. The van der Waals surface area contributed by atoms with E-state index in [4.69, 9.17) is 5.73 Å². The molecule has 118 valence electrons. The summed E-state index contributed by atoms with van der Waals surface area (Å²) in [6.07, 6.45) is 2.73. The molecule has 0 bridgehead atoms. The molecule has 1 aliphatic heterocycles. The topological polar surface area (TPSA) is 54.5 Å². The Hall–Kier alpha value is -1.33. The molecule has 2 N–H and O–H groups in total. The molecule has 0 amide bonds. The Kier molecular flexibility index (Phi) is 5.82. The highest BCUT2D eigenvalue weighted by Crippen LogP contribution is 2.06. The van der Waals surface area contributed by atoms with Gasteiger partial charge in [0, 0.05) is 57.2 Å². The van der Waals surface area contributed by atoms with Crippen LogP contribution in [0.3, 0.4) is 0 Å². The molecular weight excluding hydrogens is 264 g/mol. The summed E-state index contributed by atoms with van der Waals surface area (Å²) in [5, 5.41) is 0. The van der Waals surface area contributed by atoms with Gasteiger partial charge >= 0.3 is 0 Å². The summed E-state index contributed by atoms with van der Waals surface area (Å²) >= 11 is 0. The average Bonchev–Trinajstić information content (AvgIpc) is 2.44. The molecule has 1 aromatic heterocycles. The fraction of sp³-hybridized carbons (Fsp3) is 0.688. The van der Waals surface area contributed by atoms with Crippen LogP contribution >= 0.6 is 0 Å². The predicted octanol–water partition coefficient (Wildman–Crippen LogP) is 1.09. The zero-order chi connectivity index (χ0) is 15.2. The summed E-state index contributed by atoms with van der Waals surface area (Å²) in [5.41, 5.74) is 6.40. The van der Waals surface area contributed by atoms with Crippen LogP contribution in [0.5, 0.6) is 0 Å². The third-order valence-electron chi connectivity index (χ3n) is 3.97. The van der Waals surface area contributed by atoms with E-state index in [2.05, 4.69) is 23.6 Å². The number of aromatic nitrogens is 1. The van der Waals surface area contributed by atoms with Crippen molar-refractivity contribution >= 4 is 5.69 Å². The van der Waals surface area contributed by atoms with Crippen LogP contribution < -0.4 is 11.3 Å². The number of rotatable bonds is 6. The Morgan fingerprint density at radius 3 is 2.43 bits per heavy atom. The lowest BCUT2D eigenvalue weighted by Crippen LogP contribution is -2.47. The number of hydrogen-bond donors (Lipinski definition) is 1. The molecule has 2 rings (SSSR count). The van der Waals surface area contributed by atoms with Crippen molar-refractivity contribution in [3.63, 3.8) is 0 Å². The molecule has 21 heavy (non-hydrogen) atoms. The average molecular weight is 292 g/mol. The fourth-order valence-electron chi connectivity index (χ4n) is 2.90. The first-order valence-electron chi connectivity index (χ1n) is 7.95. The van der Waals surface area contributed by atoms with E-state index in [-0.39, 0.29) is 5.56 Å². The third kappa shape index (κ3) is 5.17. The maximum absolute atomic E-state index is 11.7. The number of hydrogen-bond acceptors (Lipinski definition) is 4. The van der Waals surface area contributed by atoms with Gasteiger partial charge in [-0.05, 0) is 24.9 Å². The second-order valence-electron chi connectivity index (χ2n) is 6.38. The van der Waals surface area contributed by atoms with Crippen LogP contribution in [0.15, 0.2) is 23.1 Å². The maximum Gasteiger partial charge on any atom is 0.250 e. The highest BCUT2D eigenvalue weighted by Gasteiger charge is 2.16. The molecule has 1 fully saturated rings. The van der Waals surface area contributed by atoms with Gasteiger partial charge in [-0.1, -0.05) is 13.8 Å². The highest BCUT2D eigenvalue weighted by molar-refractivity contribution is 5.33. The van der Waals surface area contributed by atoms with Crippen LogP contribution in [0, 0.1) is 5.92 Å². The Labute approximate surface area is 127 Å². The zero-order valence-corrected chi connectivity index (χ0v) is 13.3. The van der Waals surface area contributed by atoms with Gasteiger partial charge in [-0.25, -0.2) is 0 Å². The first-order valence-corrected chi connectivity index (χ1v) is 7.95. The van der Waals surface area contributed by atoms with Gasteiger partial charge in [0.1, 0.15) is 0 Å². The van der Waals surface area contributed by atoms with Crippen LogP contribution in [0.1, 0.15) is 20.3 Å². The van der Waals surface area contributed by atoms with Gasteiger partial charge in [0.15, 0.2) is 0 Å². The molecule has 0 aromatic carbocycles. The van der Waals surface area contributed by atoms with Gasteiger partial charge in [0.2, 0.25) is 0 Å². The molecule has 5 heteroatoms. The number of anilines is 1. The van der Waals surface area contributed by atoms with E-state index in [9.17, 15) is 4.79 Å². The SMILES string of the molecule is CC(C)CN1CCN(CCCn2cc(N)ccc2=O)CC1. The summed E-state index contributed by atoms with van der Waals surface area (Å²) in [6, 6.07) is 3.20. The second kappa shape index (κ2) is 7.61. The molecule has 5 nitrogen and oxygen atoms in total. The number of aryl methyl sites for hydroxylation is 1. The normalized spacial score (nSPS) is 17.5. The predicted molar refractivity (Wildman–Crippen MR) is 87.4 cm³/mol. The standard InChI is InChI=1S/C16H28N4O/c1-14(2)12-19-10-8-18(9-11-19)6-3-7-20-13-15(17)4-5-16(20)21/h4-5,13-14H,3,6-12,17H2,1-2H3. The summed E-state index contributed by atoms with van der Waals surface area (Å²) in [6.45, 7) is 12.1. The third-order valence-corrected chi connectivity index (χ3v) is 3.97. The van der Waals surface area contributed by atoms with Crippen molar-refractivity contribution in [1.29, 1.82) is 0 Å². The second-order valence-corrected chi connectivity index (χ2v) is 6.38. The van der Waals surface area contributed by atoms with Gasteiger partial charge in [-0.2, -0.15) is 0 Å². The summed E-state index contributed by atoms with van der Waals surface area (Å²) < 4.78 is 1.71. The Balaban J connectivity index is 1.70. The van der Waals surface area contributed by atoms with E-state index in [0.717, 1.165) is 51.6 Å². The van der Waals surface area contributed by atoms with Crippen LogP contribution in [-0.2, 0) is 6.54 Å². The van der Waals surface area contributed by atoms with E-state index >= 15 is 0 Å². The molecule has 1 aromatic rings. The number of nitrogens with two attached hydrogens (primary N) is 1. The summed E-state index contributed by atoms with van der Waals surface area (Å²) in [4.78, 5) is 16.7. The van der Waals surface area contributed by atoms with Crippen molar-refractivity contribution in [1.82, 2.24) is 14.4 Å². The molecule has 0 aliphatic carbocycles. The van der Waals surface area contributed by atoms with Crippen LogP contribution in [0.25, 0.3) is 0 Å². The molecule has 0 spiro atoms.